The fourth-order valence-corrected chi connectivity index (χ4v) is 5.23. The predicted molar refractivity (Wildman–Crippen MR) is 143 cm³/mol. The van der Waals surface area contributed by atoms with Crippen LogP contribution in [0, 0.1) is 11.3 Å². The maximum absolute atomic E-state index is 13.6. The van der Waals surface area contributed by atoms with Gasteiger partial charge in [0.05, 0.1) is 20.8 Å². The molecule has 38 heavy (non-hydrogen) atoms. The van der Waals surface area contributed by atoms with Crippen molar-refractivity contribution in [3.63, 3.8) is 0 Å². The van der Waals surface area contributed by atoms with E-state index in [4.69, 9.17) is 29.0 Å². The molecule has 0 aromatic heterocycles. The van der Waals surface area contributed by atoms with Crippen LogP contribution in [0.4, 0.5) is 0 Å². The molecule has 1 heterocycles. The van der Waals surface area contributed by atoms with Crippen molar-refractivity contribution in [1.29, 1.82) is 0 Å². The van der Waals surface area contributed by atoms with E-state index in [-0.39, 0.29) is 31.0 Å². The van der Waals surface area contributed by atoms with Crippen LogP contribution in [0.1, 0.15) is 50.7 Å². The van der Waals surface area contributed by atoms with E-state index in [9.17, 15) is 9.59 Å². The van der Waals surface area contributed by atoms with Crippen molar-refractivity contribution in [2.45, 2.75) is 46.1 Å². The number of hydrogen-bond acceptors (Lipinski definition) is 8. The predicted octanol–water partition coefficient (Wildman–Crippen LogP) is 4.64. The lowest BCUT2D eigenvalue weighted by Gasteiger charge is -2.39. The zero-order chi connectivity index (χ0) is 27.4. The summed E-state index contributed by atoms with van der Waals surface area (Å²) in [6, 6.07) is 12.7. The first kappa shape index (κ1) is 27.4. The Balaban J connectivity index is 1.72. The maximum atomic E-state index is 13.6. The molecule has 1 unspecified atom stereocenters. The van der Waals surface area contributed by atoms with Gasteiger partial charge < -0.3 is 24.1 Å². The third-order valence-corrected chi connectivity index (χ3v) is 6.99. The first-order valence-electron chi connectivity index (χ1n) is 12.7. The van der Waals surface area contributed by atoms with Gasteiger partial charge in [-0.25, -0.2) is 0 Å². The average Bonchev–Trinajstić information content (AvgIpc) is 2.89. The highest BCUT2D eigenvalue weighted by molar-refractivity contribution is 6.09. The first-order valence-corrected chi connectivity index (χ1v) is 12.7. The van der Waals surface area contributed by atoms with Crippen LogP contribution < -0.4 is 14.2 Å². The Labute approximate surface area is 223 Å². The monoisotopic (exact) mass is 521 g/mol. The number of hydrogen-bond donors (Lipinski definition) is 1. The number of nitrogens with zero attached hydrogens (tertiary/aromatic N) is 1. The fraction of sp³-hybridized carbons (Fsp3) is 0.433. The third-order valence-electron chi connectivity index (χ3n) is 6.99. The van der Waals surface area contributed by atoms with Gasteiger partial charge in [-0.05, 0) is 54.2 Å². The van der Waals surface area contributed by atoms with Gasteiger partial charge in [0.25, 0.3) is 0 Å². The van der Waals surface area contributed by atoms with Crippen LogP contribution >= 0.6 is 0 Å². The Morgan fingerprint density at radius 1 is 1.05 bits per heavy atom. The number of esters is 1. The van der Waals surface area contributed by atoms with Crippen molar-refractivity contribution in [1.82, 2.24) is 0 Å². The van der Waals surface area contributed by atoms with Crippen molar-refractivity contribution in [2.24, 2.45) is 16.3 Å². The lowest BCUT2D eigenvalue weighted by atomic mass is 9.67. The number of methoxy groups -OCH3 is 2. The molecular formula is C30H35NO7. The second-order valence-electron chi connectivity index (χ2n) is 10.4. The number of aliphatic hydroxyl groups is 1. The van der Waals surface area contributed by atoms with E-state index in [2.05, 4.69) is 13.8 Å². The van der Waals surface area contributed by atoms with E-state index in [0.717, 1.165) is 16.8 Å². The molecule has 2 aromatic rings. The SMILES string of the molecule is COc1ccc(COC(=O)C2C(C)=NC3=C(C(=O)CC(C)(C)C3)[C@@H]2c2ccc(OCCO)c(OC)c2)cc1. The largest absolute Gasteiger partial charge is 0.497 e. The van der Waals surface area contributed by atoms with E-state index < -0.39 is 17.8 Å². The standard InChI is InChI=1S/C30H35NO7/c1-18-26(29(34)38-17-19-6-9-21(35-4)10-7-19)27(28-22(31-18)15-30(2,3)16-23(28)33)20-8-11-24(37-13-12-32)25(14-20)36-5/h6-11,14,26-27,32H,12-13,15-17H2,1-5H3/t26?,27-/m1/s1. The molecule has 0 saturated heterocycles. The number of aliphatic hydroxyl groups excluding tert-OH is 1. The summed E-state index contributed by atoms with van der Waals surface area (Å²) in [5.74, 6) is -0.168. The second-order valence-corrected chi connectivity index (χ2v) is 10.4. The lowest BCUT2D eigenvalue weighted by molar-refractivity contribution is -0.148. The van der Waals surface area contributed by atoms with Gasteiger partial charge >= 0.3 is 5.97 Å². The summed E-state index contributed by atoms with van der Waals surface area (Å²) in [6.45, 7) is 6.00. The molecule has 2 aromatic carbocycles. The Morgan fingerprint density at radius 3 is 2.45 bits per heavy atom. The van der Waals surface area contributed by atoms with Crippen LogP contribution in [0.15, 0.2) is 58.7 Å². The highest BCUT2D eigenvalue weighted by Gasteiger charge is 2.46. The van der Waals surface area contributed by atoms with Crippen LogP contribution in [0.25, 0.3) is 0 Å². The van der Waals surface area contributed by atoms with Crippen molar-refractivity contribution in [3.8, 4) is 17.2 Å². The number of Topliss-reactive ketones (excluding diaryl/α,β-unsaturated/α-hetero) is 1. The summed E-state index contributed by atoms with van der Waals surface area (Å²) >= 11 is 0. The number of ketones is 1. The Hall–Kier alpha value is -3.65. The highest BCUT2D eigenvalue weighted by Crippen LogP contribution is 2.49. The minimum absolute atomic E-state index is 0.00923. The molecule has 0 spiro atoms. The highest BCUT2D eigenvalue weighted by atomic mass is 16.5. The average molecular weight is 522 g/mol. The molecule has 1 N–H and O–H groups in total. The molecule has 1 aliphatic heterocycles. The van der Waals surface area contributed by atoms with Crippen molar-refractivity contribution in [3.05, 3.63) is 64.9 Å². The minimum Gasteiger partial charge on any atom is -0.497 e. The fourth-order valence-electron chi connectivity index (χ4n) is 5.23. The van der Waals surface area contributed by atoms with Gasteiger partial charge in [-0.1, -0.05) is 32.0 Å². The molecule has 8 nitrogen and oxygen atoms in total. The number of allylic oxidation sites excluding steroid dienone is 2. The zero-order valence-electron chi connectivity index (χ0n) is 22.6. The summed E-state index contributed by atoms with van der Waals surface area (Å²) in [4.78, 5) is 31.9. The van der Waals surface area contributed by atoms with Gasteiger partial charge in [0.2, 0.25) is 0 Å². The molecule has 0 fully saturated rings. The molecular weight excluding hydrogens is 486 g/mol. The van der Waals surface area contributed by atoms with E-state index in [0.29, 0.717) is 41.4 Å². The number of carbonyl (C=O) groups is 2. The van der Waals surface area contributed by atoms with Gasteiger partial charge in [-0.2, -0.15) is 0 Å². The third kappa shape index (κ3) is 5.75. The molecule has 2 atom stereocenters. The quantitative estimate of drug-likeness (QED) is 0.480. The van der Waals surface area contributed by atoms with Crippen LogP contribution in [0.5, 0.6) is 17.2 Å². The molecule has 2 aliphatic rings. The van der Waals surface area contributed by atoms with Gasteiger partial charge in [0.1, 0.15) is 24.9 Å². The lowest BCUT2D eigenvalue weighted by Crippen LogP contribution is -2.39. The molecule has 0 bridgehead atoms. The summed E-state index contributed by atoms with van der Waals surface area (Å²) in [6.07, 6.45) is 1.02. The topological polar surface area (TPSA) is 104 Å². The molecule has 202 valence electrons. The Bertz CT molecular complexity index is 1260. The molecule has 0 radical (unpaired) electrons. The van der Waals surface area contributed by atoms with Gasteiger partial charge in [-0.15, -0.1) is 0 Å². The van der Waals surface area contributed by atoms with E-state index in [1.807, 2.05) is 37.3 Å². The van der Waals surface area contributed by atoms with Crippen molar-refractivity contribution in [2.75, 3.05) is 27.4 Å². The summed E-state index contributed by atoms with van der Waals surface area (Å²) < 4.78 is 22.1. The normalized spacial score (nSPS) is 20.4. The summed E-state index contributed by atoms with van der Waals surface area (Å²) in [7, 11) is 3.12. The van der Waals surface area contributed by atoms with Gasteiger partial charge in [-0.3, -0.25) is 14.6 Å². The van der Waals surface area contributed by atoms with Gasteiger partial charge in [0, 0.05) is 29.3 Å². The summed E-state index contributed by atoms with van der Waals surface area (Å²) in [5, 5.41) is 9.15. The van der Waals surface area contributed by atoms with Crippen LogP contribution in [-0.4, -0.2) is 50.0 Å². The van der Waals surface area contributed by atoms with Crippen LogP contribution in [0.2, 0.25) is 0 Å². The van der Waals surface area contributed by atoms with E-state index in [1.54, 1.807) is 19.2 Å². The molecule has 0 amide bonds. The Morgan fingerprint density at radius 2 is 1.79 bits per heavy atom. The van der Waals surface area contributed by atoms with Gasteiger partial charge in [0.15, 0.2) is 17.3 Å². The van der Waals surface area contributed by atoms with E-state index in [1.165, 1.54) is 7.11 Å². The molecule has 4 rings (SSSR count). The molecule has 8 heteroatoms. The Kier molecular flexibility index (Phi) is 8.21. The number of aliphatic imine (C=N–C) groups is 1. The van der Waals surface area contributed by atoms with Crippen LogP contribution in [0.3, 0.4) is 0 Å². The molecule has 0 saturated carbocycles. The second kappa shape index (κ2) is 11.4. The van der Waals surface area contributed by atoms with Crippen LogP contribution in [-0.2, 0) is 20.9 Å². The maximum Gasteiger partial charge on any atom is 0.315 e. The van der Waals surface area contributed by atoms with Crippen molar-refractivity contribution >= 4 is 17.5 Å². The molecule has 1 aliphatic carbocycles. The minimum atomic E-state index is -0.772. The van der Waals surface area contributed by atoms with E-state index >= 15 is 0 Å². The van der Waals surface area contributed by atoms with Crippen molar-refractivity contribution < 1.29 is 33.6 Å². The number of ether oxygens (including phenoxy) is 4. The zero-order valence-corrected chi connectivity index (χ0v) is 22.6. The number of carbonyl (C=O) groups excluding carboxylic acids is 2. The summed E-state index contributed by atoms with van der Waals surface area (Å²) in [5.41, 5.74) is 3.24. The first-order chi connectivity index (χ1) is 18.2. The number of benzene rings is 2. The smallest absolute Gasteiger partial charge is 0.315 e. The number of rotatable bonds is 9.